The molecule has 0 fully saturated rings. The van der Waals surface area contributed by atoms with Crippen molar-refractivity contribution in [3.8, 4) is 5.75 Å². The standard InChI is InChI=1S/C20H23N3O4/c1-14-8-15(2)10-17(9-14)27-13-20(26)23-22-19(25)12-21-18(24)11-16-6-4-3-5-7-16/h3-10H,11-13H2,1-2H3,(H,21,24)(H,22,25)(H,23,26). The summed E-state index contributed by atoms with van der Waals surface area (Å²) in [6.07, 6.45) is 0.185. The van der Waals surface area contributed by atoms with Gasteiger partial charge >= 0.3 is 0 Å². The zero-order valence-electron chi connectivity index (χ0n) is 15.4. The molecule has 0 bridgehead atoms. The number of nitrogens with one attached hydrogen (secondary N) is 3. The molecule has 0 saturated carbocycles. The number of hydrogen-bond acceptors (Lipinski definition) is 4. The van der Waals surface area contributed by atoms with Crippen LogP contribution < -0.4 is 20.9 Å². The molecule has 2 aromatic carbocycles. The van der Waals surface area contributed by atoms with Crippen LogP contribution in [0.15, 0.2) is 48.5 Å². The number of amides is 3. The molecule has 3 N–H and O–H groups in total. The van der Waals surface area contributed by atoms with E-state index in [9.17, 15) is 14.4 Å². The van der Waals surface area contributed by atoms with Gasteiger partial charge in [-0.2, -0.15) is 0 Å². The van der Waals surface area contributed by atoms with Crippen molar-refractivity contribution in [2.75, 3.05) is 13.2 Å². The lowest BCUT2D eigenvalue weighted by atomic mass is 10.1. The fourth-order valence-corrected chi connectivity index (χ4v) is 2.41. The molecule has 0 aliphatic carbocycles. The highest BCUT2D eigenvalue weighted by molar-refractivity contribution is 5.87. The highest BCUT2D eigenvalue weighted by atomic mass is 16.5. The predicted octanol–water partition coefficient (Wildman–Crippen LogP) is 1.19. The molecule has 2 rings (SSSR count). The van der Waals surface area contributed by atoms with Gasteiger partial charge < -0.3 is 10.1 Å². The maximum atomic E-state index is 11.8. The Morgan fingerprint density at radius 2 is 1.48 bits per heavy atom. The van der Waals surface area contributed by atoms with Crippen molar-refractivity contribution >= 4 is 17.7 Å². The van der Waals surface area contributed by atoms with E-state index in [0.717, 1.165) is 16.7 Å². The molecular weight excluding hydrogens is 346 g/mol. The van der Waals surface area contributed by atoms with Crippen LogP contribution in [-0.2, 0) is 20.8 Å². The van der Waals surface area contributed by atoms with Crippen LogP contribution in [0.1, 0.15) is 16.7 Å². The fraction of sp³-hybridized carbons (Fsp3) is 0.250. The van der Waals surface area contributed by atoms with Gasteiger partial charge in [-0.25, -0.2) is 0 Å². The third-order valence-electron chi connectivity index (χ3n) is 3.56. The van der Waals surface area contributed by atoms with Gasteiger partial charge in [-0.15, -0.1) is 0 Å². The molecule has 0 atom stereocenters. The molecule has 0 radical (unpaired) electrons. The third kappa shape index (κ3) is 7.60. The molecule has 0 saturated heterocycles. The van der Waals surface area contributed by atoms with E-state index in [1.54, 1.807) is 0 Å². The van der Waals surface area contributed by atoms with Gasteiger partial charge in [0.1, 0.15) is 5.75 Å². The Labute approximate surface area is 158 Å². The fourth-order valence-electron chi connectivity index (χ4n) is 2.41. The molecule has 7 nitrogen and oxygen atoms in total. The number of hydrazine groups is 1. The summed E-state index contributed by atoms with van der Waals surface area (Å²) in [5, 5.41) is 2.49. The van der Waals surface area contributed by atoms with Gasteiger partial charge in [-0.3, -0.25) is 25.2 Å². The Bertz CT molecular complexity index is 786. The Hall–Kier alpha value is -3.35. The van der Waals surface area contributed by atoms with Crippen molar-refractivity contribution in [2.45, 2.75) is 20.3 Å². The van der Waals surface area contributed by atoms with Gasteiger partial charge in [0.2, 0.25) is 5.91 Å². The summed E-state index contributed by atoms with van der Waals surface area (Å²) in [5.74, 6) is -0.725. The topological polar surface area (TPSA) is 96.5 Å². The number of carbonyl (C=O) groups is 3. The van der Waals surface area contributed by atoms with Crippen molar-refractivity contribution in [1.29, 1.82) is 0 Å². The van der Waals surface area contributed by atoms with Gasteiger partial charge in [-0.1, -0.05) is 36.4 Å². The molecular formula is C20H23N3O4. The van der Waals surface area contributed by atoms with Crippen LogP contribution in [0.2, 0.25) is 0 Å². The van der Waals surface area contributed by atoms with E-state index >= 15 is 0 Å². The molecule has 142 valence electrons. The molecule has 0 aliphatic rings. The molecule has 0 spiro atoms. The van der Waals surface area contributed by atoms with Gasteiger partial charge in [0, 0.05) is 0 Å². The van der Waals surface area contributed by atoms with Crippen molar-refractivity contribution in [3.05, 3.63) is 65.2 Å². The second-order valence-electron chi connectivity index (χ2n) is 6.15. The van der Waals surface area contributed by atoms with E-state index in [1.165, 1.54) is 0 Å². The molecule has 0 heterocycles. The first-order valence-electron chi connectivity index (χ1n) is 8.52. The average Bonchev–Trinajstić information content (AvgIpc) is 2.63. The Kier molecular flexibility index (Phi) is 7.37. The van der Waals surface area contributed by atoms with Crippen molar-refractivity contribution in [3.63, 3.8) is 0 Å². The minimum absolute atomic E-state index is 0.185. The van der Waals surface area contributed by atoms with Gasteiger partial charge in [0.25, 0.3) is 11.8 Å². The van der Waals surface area contributed by atoms with Crippen LogP contribution in [0.4, 0.5) is 0 Å². The number of aryl methyl sites for hydroxylation is 2. The van der Waals surface area contributed by atoms with Crippen molar-refractivity contribution < 1.29 is 19.1 Å². The normalized spacial score (nSPS) is 10.0. The molecule has 0 unspecified atom stereocenters. The van der Waals surface area contributed by atoms with Gasteiger partial charge in [0.05, 0.1) is 13.0 Å². The van der Waals surface area contributed by atoms with Crippen molar-refractivity contribution in [1.82, 2.24) is 16.2 Å². The molecule has 2 aromatic rings. The number of benzene rings is 2. The Balaban J connectivity index is 1.64. The zero-order valence-corrected chi connectivity index (χ0v) is 15.4. The lowest BCUT2D eigenvalue weighted by Crippen LogP contribution is -2.47. The summed E-state index contributed by atoms with van der Waals surface area (Å²) in [6, 6.07) is 14.8. The molecule has 3 amide bonds. The van der Waals surface area contributed by atoms with Crippen LogP contribution in [0, 0.1) is 13.8 Å². The second kappa shape index (κ2) is 9.96. The summed E-state index contributed by atoms with van der Waals surface area (Å²) in [5.41, 5.74) is 7.39. The molecule has 7 heteroatoms. The minimum Gasteiger partial charge on any atom is -0.484 e. The summed E-state index contributed by atoms with van der Waals surface area (Å²) >= 11 is 0. The smallest absolute Gasteiger partial charge is 0.276 e. The summed E-state index contributed by atoms with van der Waals surface area (Å²) in [7, 11) is 0. The molecule has 0 aromatic heterocycles. The summed E-state index contributed by atoms with van der Waals surface area (Å²) in [6.45, 7) is 3.41. The van der Waals surface area contributed by atoms with E-state index in [-0.39, 0.29) is 25.5 Å². The van der Waals surface area contributed by atoms with Crippen molar-refractivity contribution in [2.24, 2.45) is 0 Å². The SMILES string of the molecule is Cc1cc(C)cc(OCC(=O)NNC(=O)CNC(=O)Cc2ccccc2)c1. The first-order chi connectivity index (χ1) is 12.9. The van der Waals surface area contributed by atoms with E-state index < -0.39 is 11.8 Å². The number of hydrogen-bond donors (Lipinski definition) is 3. The monoisotopic (exact) mass is 369 g/mol. The van der Waals surface area contributed by atoms with Crippen LogP contribution in [-0.4, -0.2) is 30.9 Å². The average molecular weight is 369 g/mol. The lowest BCUT2D eigenvalue weighted by Gasteiger charge is -2.10. The van der Waals surface area contributed by atoms with Crippen LogP contribution >= 0.6 is 0 Å². The second-order valence-corrected chi connectivity index (χ2v) is 6.15. The number of ether oxygens (including phenoxy) is 1. The largest absolute Gasteiger partial charge is 0.484 e. The Morgan fingerprint density at radius 1 is 0.852 bits per heavy atom. The van der Waals surface area contributed by atoms with Gasteiger partial charge in [-0.05, 0) is 42.7 Å². The number of carbonyl (C=O) groups excluding carboxylic acids is 3. The minimum atomic E-state index is -0.531. The first kappa shape index (κ1) is 20.0. The quantitative estimate of drug-likeness (QED) is 0.639. The number of rotatable bonds is 7. The van der Waals surface area contributed by atoms with E-state index in [0.29, 0.717) is 5.75 Å². The summed E-state index contributed by atoms with van der Waals surface area (Å²) < 4.78 is 5.39. The maximum Gasteiger partial charge on any atom is 0.276 e. The highest BCUT2D eigenvalue weighted by Gasteiger charge is 2.08. The van der Waals surface area contributed by atoms with Crippen LogP contribution in [0.3, 0.4) is 0 Å². The van der Waals surface area contributed by atoms with Crippen LogP contribution in [0.5, 0.6) is 5.75 Å². The molecule has 27 heavy (non-hydrogen) atoms. The third-order valence-corrected chi connectivity index (χ3v) is 3.56. The maximum absolute atomic E-state index is 11.8. The lowest BCUT2D eigenvalue weighted by molar-refractivity contribution is -0.130. The van der Waals surface area contributed by atoms with Crippen LogP contribution in [0.25, 0.3) is 0 Å². The molecule has 0 aliphatic heterocycles. The van der Waals surface area contributed by atoms with E-state index in [2.05, 4.69) is 16.2 Å². The zero-order chi connectivity index (χ0) is 19.6. The first-order valence-corrected chi connectivity index (χ1v) is 8.52. The predicted molar refractivity (Wildman–Crippen MR) is 101 cm³/mol. The summed E-state index contributed by atoms with van der Waals surface area (Å²) in [4.78, 5) is 35.2. The van der Waals surface area contributed by atoms with E-state index in [4.69, 9.17) is 4.74 Å². The Morgan fingerprint density at radius 3 is 2.15 bits per heavy atom. The van der Waals surface area contributed by atoms with Gasteiger partial charge in [0.15, 0.2) is 6.61 Å². The highest BCUT2D eigenvalue weighted by Crippen LogP contribution is 2.15. The van der Waals surface area contributed by atoms with E-state index in [1.807, 2.05) is 62.4 Å².